The number of ether oxygens (including phenoxy) is 2. The predicted molar refractivity (Wildman–Crippen MR) is 83.7 cm³/mol. The number of fused-ring (bicyclic) bond motifs is 1. The molecule has 0 fully saturated rings. The van der Waals surface area contributed by atoms with E-state index in [1.165, 1.54) is 26.1 Å². The number of carbonyl (C=O) groups is 1. The standard InChI is InChI=1S/C15H21NO6S/c1-9(17)21-14-13(16(4)23(5,19)20)11-8-10(18)6-7-12(11)22-15(14,2)3/h6-8,13-14,18H,1-5H3/t13-,14+/m0/s1. The Bertz CT molecular complexity index is 727. The molecule has 0 aliphatic carbocycles. The lowest BCUT2D eigenvalue weighted by atomic mass is 9.86. The van der Waals surface area contributed by atoms with Crippen LogP contribution in [0.1, 0.15) is 32.4 Å². The zero-order valence-corrected chi connectivity index (χ0v) is 14.5. The van der Waals surface area contributed by atoms with E-state index in [2.05, 4.69) is 0 Å². The van der Waals surface area contributed by atoms with Crippen molar-refractivity contribution in [1.29, 1.82) is 0 Å². The lowest BCUT2D eigenvalue weighted by molar-refractivity contribution is -0.165. The molecule has 2 atom stereocenters. The van der Waals surface area contributed by atoms with Gasteiger partial charge in [0.15, 0.2) is 6.10 Å². The monoisotopic (exact) mass is 343 g/mol. The van der Waals surface area contributed by atoms with Gasteiger partial charge in [-0.15, -0.1) is 0 Å². The first-order valence-electron chi connectivity index (χ1n) is 7.05. The van der Waals surface area contributed by atoms with Gasteiger partial charge in [-0.3, -0.25) is 4.79 Å². The van der Waals surface area contributed by atoms with Crippen LogP contribution in [0.2, 0.25) is 0 Å². The molecule has 128 valence electrons. The fourth-order valence-corrected chi connectivity index (χ4v) is 3.36. The number of benzene rings is 1. The summed E-state index contributed by atoms with van der Waals surface area (Å²) in [5.41, 5.74) is -0.497. The van der Waals surface area contributed by atoms with E-state index in [1.807, 2.05) is 0 Å². The maximum absolute atomic E-state index is 12.0. The van der Waals surface area contributed by atoms with Crippen molar-refractivity contribution in [2.24, 2.45) is 0 Å². The lowest BCUT2D eigenvalue weighted by Crippen LogP contribution is -2.55. The Kier molecular flexibility index (Phi) is 4.34. The van der Waals surface area contributed by atoms with Gasteiger partial charge < -0.3 is 14.6 Å². The van der Waals surface area contributed by atoms with E-state index < -0.39 is 33.7 Å². The number of carbonyl (C=O) groups excluding carboxylic acids is 1. The van der Waals surface area contributed by atoms with Crippen molar-refractivity contribution >= 4 is 16.0 Å². The van der Waals surface area contributed by atoms with Gasteiger partial charge >= 0.3 is 5.97 Å². The number of sulfonamides is 1. The van der Waals surface area contributed by atoms with Crippen LogP contribution in [0.4, 0.5) is 0 Å². The molecule has 1 heterocycles. The maximum Gasteiger partial charge on any atom is 0.303 e. The average molecular weight is 343 g/mol. The number of nitrogens with zero attached hydrogens (tertiary/aromatic N) is 1. The number of rotatable bonds is 3. The van der Waals surface area contributed by atoms with Crippen LogP contribution in [-0.2, 0) is 19.6 Å². The van der Waals surface area contributed by atoms with E-state index in [9.17, 15) is 18.3 Å². The zero-order valence-electron chi connectivity index (χ0n) is 13.7. The molecule has 0 radical (unpaired) electrons. The number of hydrogen-bond acceptors (Lipinski definition) is 6. The normalized spacial score (nSPS) is 23.0. The summed E-state index contributed by atoms with van der Waals surface area (Å²) in [7, 11) is -2.16. The van der Waals surface area contributed by atoms with Gasteiger partial charge in [-0.1, -0.05) is 0 Å². The molecule has 0 unspecified atom stereocenters. The van der Waals surface area contributed by atoms with Crippen molar-refractivity contribution in [2.45, 2.75) is 38.5 Å². The molecular weight excluding hydrogens is 322 g/mol. The molecule has 1 aromatic rings. The first kappa shape index (κ1) is 17.6. The smallest absolute Gasteiger partial charge is 0.303 e. The van der Waals surface area contributed by atoms with Crippen LogP contribution < -0.4 is 4.74 Å². The number of phenolic OH excluding ortho intramolecular Hbond substituents is 1. The Morgan fingerprint density at radius 1 is 1.39 bits per heavy atom. The van der Waals surface area contributed by atoms with E-state index in [0.717, 1.165) is 10.6 Å². The highest BCUT2D eigenvalue weighted by molar-refractivity contribution is 7.88. The van der Waals surface area contributed by atoms with E-state index in [4.69, 9.17) is 9.47 Å². The number of phenols is 1. The number of aromatic hydroxyl groups is 1. The molecule has 0 aromatic heterocycles. The van der Waals surface area contributed by atoms with Crippen LogP contribution in [-0.4, -0.2) is 48.8 Å². The summed E-state index contributed by atoms with van der Waals surface area (Å²) in [6.45, 7) is 4.70. The SMILES string of the molecule is CC(=O)O[C@@H]1[C@@H](N(C)S(C)(=O)=O)c2cc(O)ccc2OC1(C)C. The largest absolute Gasteiger partial charge is 0.508 e. The van der Waals surface area contributed by atoms with Crippen LogP contribution in [0, 0.1) is 0 Å². The molecule has 2 rings (SSSR count). The summed E-state index contributed by atoms with van der Waals surface area (Å²) < 4.78 is 36.5. The van der Waals surface area contributed by atoms with Gasteiger partial charge in [0.1, 0.15) is 17.1 Å². The summed E-state index contributed by atoms with van der Waals surface area (Å²) in [5.74, 6) is -0.126. The Hall–Kier alpha value is -1.80. The Morgan fingerprint density at radius 2 is 2.00 bits per heavy atom. The minimum atomic E-state index is -3.57. The van der Waals surface area contributed by atoms with Crippen molar-refractivity contribution in [3.8, 4) is 11.5 Å². The number of esters is 1. The van der Waals surface area contributed by atoms with Crippen molar-refractivity contribution in [3.63, 3.8) is 0 Å². The van der Waals surface area contributed by atoms with Gasteiger partial charge in [0.2, 0.25) is 10.0 Å². The van der Waals surface area contributed by atoms with E-state index in [-0.39, 0.29) is 5.75 Å². The lowest BCUT2D eigenvalue weighted by Gasteiger charge is -2.46. The van der Waals surface area contributed by atoms with Crippen molar-refractivity contribution in [2.75, 3.05) is 13.3 Å². The second-order valence-electron chi connectivity index (χ2n) is 6.18. The number of hydrogen-bond donors (Lipinski definition) is 1. The molecule has 0 saturated carbocycles. The van der Waals surface area contributed by atoms with Crippen molar-refractivity contribution in [1.82, 2.24) is 4.31 Å². The number of likely N-dealkylation sites (N-methyl/N-ethyl adjacent to an activating group) is 1. The molecule has 0 spiro atoms. The Balaban J connectivity index is 2.66. The molecule has 0 saturated heterocycles. The van der Waals surface area contributed by atoms with Crippen LogP contribution in [0.3, 0.4) is 0 Å². The molecule has 1 aliphatic rings. The Morgan fingerprint density at radius 3 is 2.52 bits per heavy atom. The van der Waals surface area contributed by atoms with Gasteiger partial charge in [0.25, 0.3) is 0 Å². The summed E-state index contributed by atoms with van der Waals surface area (Å²) in [4.78, 5) is 11.5. The first-order chi connectivity index (χ1) is 10.4. The molecule has 1 aromatic carbocycles. The van der Waals surface area contributed by atoms with E-state index in [0.29, 0.717) is 11.3 Å². The minimum absolute atomic E-state index is 0.0273. The molecule has 8 heteroatoms. The summed E-state index contributed by atoms with van der Waals surface area (Å²) >= 11 is 0. The van der Waals surface area contributed by atoms with E-state index in [1.54, 1.807) is 19.9 Å². The van der Waals surface area contributed by atoms with Crippen molar-refractivity contribution < 1.29 is 27.8 Å². The highest BCUT2D eigenvalue weighted by Crippen LogP contribution is 2.45. The van der Waals surface area contributed by atoms with Crippen LogP contribution in [0.5, 0.6) is 11.5 Å². The third kappa shape index (κ3) is 3.42. The molecule has 1 aliphatic heterocycles. The van der Waals surface area contributed by atoms with Crippen LogP contribution in [0.25, 0.3) is 0 Å². The highest BCUT2D eigenvalue weighted by Gasteiger charge is 2.49. The van der Waals surface area contributed by atoms with Gasteiger partial charge in [-0.2, -0.15) is 4.31 Å². The Labute approximate surface area is 135 Å². The van der Waals surface area contributed by atoms with E-state index >= 15 is 0 Å². The fraction of sp³-hybridized carbons (Fsp3) is 0.533. The summed E-state index contributed by atoms with van der Waals surface area (Å²) in [6, 6.07) is 3.64. The minimum Gasteiger partial charge on any atom is -0.508 e. The second kappa shape index (κ2) is 5.68. The maximum atomic E-state index is 12.0. The molecular formula is C15H21NO6S. The van der Waals surface area contributed by atoms with Crippen molar-refractivity contribution in [3.05, 3.63) is 23.8 Å². The third-order valence-electron chi connectivity index (χ3n) is 3.86. The first-order valence-corrected chi connectivity index (χ1v) is 8.90. The molecule has 23 heavy (non-hydrogen) atoms. The molecule has 0 amide bonds. The topological polar surface area (TPSA) is 93.1 Å². The third-order valence-corrected chi connectivity index (χ3v) is 5.14. The highest BCUT2D eigenvalue weighted by atomic mass is 32.2. The zero-order chi connectivity index (χ0) is 17.6. The molecule has 1 N–H and O–H groups in total. The molecule has 0 bridgehead atoms. The molecule has 7 nitrogen and oxygen atoms in total. The van der Waals surface area contributed by atoms with Gasteiger partial charge in [-0.05, 0) is 32.0 Å². The fourth-order valence-electron chi connectivity index (χ4n) is 2.72. The quantitative estimate of drug-likeness (QED) is 0.835. The average Bonchev–Trinajstić information content (AvgIpc) is 2.38. The van der Waals surface area contributed by atoms with Crippen LogP contribution in [0.15, 0.2) is 18.2 Å². The second-order valence-corrected chi connectivity index (χ2v) is 8.22. The van der Waals surface area contributed by atoms with Gasteiger partial charge in [0, 0.05) is 19.5 Å². The van der Waals surface area contributed by atoms with Crippen LogP contribution >= 0.6 is 0 Å². The summed E-state index contributed by atoms with van der Waals surface area (Å²) in [6.07, 6.45) is 0.206. The summed E-state index contributed by atoms with van der Waals surface area (Å²) in [5, 5.41) is 9.76. The predicted octanol–water partition coefficient (Wildman–Crippen LogP) is 1.43. The van der Waals surface area contributed by atoms with Gasteiger partial charge in [-0.25, -0.2) is 8.42 Å². The van der Waals surface area contributed by atoms with Gasteiger partial charge in [0.05, 0.1) is 12.3 Å².